The summed E-state index contributed by atoms with van der Waals surface area (Å²) in [4.78, 5) is 12.2. The standard InChI is InChI=1S/C18H17Cl2N5OS/c1-10-3-5-13(7-11(10)2)22-16(26)9-27-18-24-23-17(25(18)21)14-6-4-12(19)8-15(14)20/h3-8H,9,21H2,1-2H3,(H,22,26). The molecule has 2 aromatic carbocycles. The molecule has 1 amide bonds. The molecule has 3 N–H and O–H groups in total. The molecule has 9 heteroatoms. The topological polar surface area (TPSA) is 85.8 Å². The van der Waals surface area contributed by atoms with Crippen molar-refractivity contribution < 1.29 is 4.79 Å². The number of benzene rings is 2. The second kappa shape index (κ2) is 8.21. The van der Waals surface area contributed by atoms with Crippen molar-refractivity contribution >= 4 is 46.6 Å². The average molecular weight is 422 g/mol. The highest BCUT2D eigenvalue weighted by Crippen LogP contribution is 2.30. The van der Waals surface area contributed by atoms with Crippen LogP contribution in [0.3, 0.4) is 0 Å². The summed E-state index contributed by atoms with van der Waals surface area (Å²) in [5.41, 5.74) is 3.66. The third kappa shape index (κ3) is 4.55. The number of anilines is 1. The van der Waals surface area contributed by atoms with Crippen LogP contribution < -0.4 is 11.2 Å². The van der Waals surface area contributed by atoms with Gasteiger partial charge in [-0.3, -0.25) is 4.79 Å². The van der Waals surface area contributed by atoms with Gasteiger partial charge in [0, 0.05) is 16.3 Å². The van der Waals surface area contributed by atoms with Crippen LogP contribution in [-0.2, 0) is 4.79 Å². The molecule has 0 aliphatic carbocycles. The van der Waals surface area contributed by atoms with Crippen molar-refractivity contribution in [2.45, 2.75) is 19.0 Å². The van der Waals surface area contributed by atoms with Gasteiger partial charge in [0.1, 0.15) is 0 Å². The number of rotatable bonds is 5. The Bertz CT molecular complexity index is 1010. The van der Waals surface area contributed by atoms with Crippen molar-refractivity contribution in [3.8, 4) is 11.4 Å². The molecule has 0 fully saturated rings. The van der Waals surface area contributed by atoms with Crippen LogP contribution in [0.4, 0.5) is 5.69 Å². The van der Waals surface area contributed by atoms with E-state index in [1.54, 1.807) is 18.2 Å². The van der Waals surface area contributed by atoms with Crippen molar-refractivity contribution in [1.29, 1.82) is 0 Å². The number of aromatic nitrogens is 3. The van der Waals surface area contributed by atoms with Crippen LogP contribution in [0.2, 0.25) is 10.0 Å². The van der Waals surface area contributed by atoms with Gasteiger partial charge in [-0.25, -0.2) is 4.68 Å². The lowest BCUT2D eigenvalue weighted by Crippen LogP contribution is -2.16. The number of thioether (sulfide) groups is 1. The summed E-state index contributed by atoms with van der Waals surface area (Å²) in [7, 11) is 0. The lowest BCUT2D eigenvalue weighted by molar-refractivity contribution is -0.113. The number of halogens is 2. The normalized spacial score (nSPS) is 10.8. The Labute approximate surface area is 171 Å². The predicted octanol–water partition coefficient (Wildman–Crippen LogP) is 4.31. The molecule has 6 nitrogen and oxygen atoms in total. The molecule has 0 spiro atoms. The Kier molecular flexibility index (Phi) is 5.94. The van der Waals surface area contributed by atoms with E-state index in [4.69, 9.17) is 29.0 Å². The van der Waals surface area contributed by atoms with E-state index in [1.807, 2.05) is 32.0 Å². The van der Waals surface area contributed by atoms with Crippen molar-refractivity contribution in [3.05, 3.63) is 57.6 Å². The highest BCUT2D eigenvalue weighted by atomic mass is 35.5. The zero-order valence-corrected chi connectivity index (χ0v) is 17.0. The van der Waals surface area contributed by atoms with Crippen LogP contribution in [-0.4, -0.2) is 26.5 Å². The van der Waals surface area contributed by atoms with Crippen LogP contribution in [0.1, 0.15) is 11.1 Å². The monoisotopic (exact) mass is 421 g/mol. The molecular formula is C18H17Cl2N5OS. The van der Waals surface area contributed by atoms with Gasteiger partial charge in [0.2, 0.25) is 11.1 Å². The molecule has 0 saturated carbocycles. The van der Waals surface area contributed by atoms with Crippen LogP contribution in [0.5, 0.6) is 0 Å². The minimum absolute atomic E-state index is 0.149. The SMILES string of the molecule is Cc1ccc(NC(=O)CSc2nnc(-c3ccc(Cl)cc3Cl)n2N)cc1C. The van der Waals surface area contributed by atoms with Crippen LogP contribution in [0, 0.1) is 13.8 Å². The van der Waals surface area contributed by atoms with Gasteiger partial charge in [-0.1, -0.05) is 41.0 Å². The van der Waals surface area contributed by atoms with E-state index < -0.39 is 0 Å². The summed E-state index contributed by atoms with van der Waals surface area (Å²) in [6.07, 6.45) is 0. The summed E-state index contributed by atoms with van der Waals surface area (Å²) < 4.78 is 1.31. The van der Waals surface area contributed by atoms with Gasteiger partial charge in [-0.2, -0.15) is 0 Å². The van der Waals surface area contributed by atoms with Crippen LogP contribution in [0.25, 0.3) is 11.4 Å². The molecule has 0 unspecified atom stereocenters. The van der Waals surface area contributed by atoms with E-state index in [2.05, 4.69) is 15.5 Å². The first-order chi connectivity index (χ1) is 12.8. The highest BCUT2D eigenvalue weighted by molar-refractivity contribution is 7.99. The average Bonchev–Trinajstić information content (AvgIpc) is 2.97. The Morgan fingerprint density at radius 1 is 1.15 bits per heavy atom. The van der Waals surface area contributed by atoms with Crippen LogP contribution >= 0.6 is 35.0 Å². The Morgan fingerprint density at radius 2 is 1.93 bits per heavy atom. The molecule has 0 bridgehead atoms. The second-order valence-electron chi connectivity index (χ2n) is 5.94. The Morgan fingerprint density at radius 3 is 2.63 bits per heavy atom. The molecule has 0 aliphatic rings. The maximum absolute atomic E-state index is 12.2. The molecule has 0 radical (unpaired) electrons. The van der Waals surface area contributed by atoms with E-state index in [1.165, 1.54) is 22.0 Å². The van der Waals surface area contributed by atoms with E-state index in [0.717, 1.165) is 11.3 Å². The van der Waals surface area contributed by atoms with E-state index in [-0.39, 0.29) is 11.7 Å². The fraction of sp³-hybridized carbons (Fsp3) is 0.167. The molecule has 0 atom stereocenters. The molecular weight excluding hydrogens is 405 g/mol. The third-order valence-corrected chi connectivity index (χ3v) is 5.45. The highest BCUT2D eigenvalue weighted by Gasteiger charge is 2.16. The first kappa shape index (κ1) is 19.5. The van der Waals surface area contributed by atoms with E-state index in [0.29, 0.717) is 26.6 Å². The number of amides is 1. The lowest BCUT2D eigenvalue weighted by atomic mass is 10.1. The molecule has 1 heterocycles. The number of hydrogen-bond donors (Lipinski definition) is 2. The maximum Gasteiger partial charge on any atom is 0.234 e. The molecule has 0 saturated heterocycles. The predicted molar refractivity (Wildman–Crippen MR) is 111 cm³/mol. The number of aryl methyl sites for hydroxylation is 2. The van der Waals surface area contributed by atoms with Crippen molar-refractivity contribution in [1.82, 2.24) is 14.9 Å². The van der Waals surface area contributed by atoms with Gasteiger partial charge >= 0.3 is 0 Å². The fourth-order valence-corrected chi connectivity index (χ4v) is 3.53. The third-order valence-electron chi connectivity index (χ3n) is 3.96. The maximum atomic E-state index is 12.2. The Balaban J connectivity index is 1.67. The largest absolute Gasteiger partial charge is 0.335 e. The number of nitrogen functional groups attached to an aromatic ring is 1. The van der Waals surface area contributed by atoms with Crippen LogP contribution in [0.15, 0.2) is 41.6 Å². The van der Waals surface area contributed by atoms with Gasteiger partial charge < -0.3 is 11.2 Å². The van der Waals surface area contributed by atoms with Crippen molar-refractivity contribution in [3.63, 3.8) is 0 Å². The van der Waals surface area contributed by atoms with Crippen molar-refractivity contribution in [2.24, 2.45) is 0 Å². The summed E-state index contributed by atoms with van der Waals surface area (Å²) >= 11 is 13.3. The first-order valence-corrected chi connectivity index (χ1v) is 9.75. The Hall–Kier alpha value is -2.22. The fourth-order valence-electron chi connectivity index (χ4n) is 2.38. The van der Waals surface area contributed by atoms with Gasteiger partial charge in [-0.05, 0) is 55.3 Å². The number of hydrogen-bond acceptors (Lipinski definition) is 5. The minimum Gasteiger partial charge on any atom is -0.335 e. The van der Waals surface area contributed by atoms with Crippen molar-refractivity contribution in [2.75, 3.05) is 16.9 Å². The second-order valence-corrected chi connectivity index (χ2v) is 7.72. The molecule has 27 heavy (non-hydrogen) atoms. The lowest BCUT2D eigenvalue weighted by Gasteiger charge is -2.08. The van der Waals surface area contributed by atoms with Gasteiger partial charge in [0.15, 0.2) is 5.82 Å². The number of nitrogens with one attached hydrogen (secondary N) is 1. The summed E-state index contributed by atoms with van der Waals surface area (Å²) in [5.74, 6) is 6.46. The first-order valence-electron chi connectivity index (χ1n) is 8.01. The molecule has 0 aliphatic heterocycles. The molecule has 3 aromatic rings. The minimum atomic E-state index is -0.155. The van der Waals surface area contributed by atoms with E-state index >= 15 is 0 Å². The number of carbonyl (C=O) groups is 1. The van der Waals surface area contributed by atoms with Gasteiger partial charge in [0.05, 0.1) is 10.8 Å². The summed E-state index contributed by atoms with van der Waals surface area (Å²) in [6.45, 7) is 4.02. The quantitative estimate of drug-likeness (QED) is 0.473. The number of nitrogens with two attached hydrogens (primary N) is 1. The van der Waals surface area contributed by atoms with Gasteiger partial charge in [0.25, 0.3) is 0 Å². The molecule has 3 rings (SSSR count). The number of nitrogens with zero attached hydrogens (tertiary/aromatic N) is 3. The summed E-state index contributed by atoms with van der Waals surface area (Å²) in [5, 5.41) is 12.3. The number of carbonyl (C=O) groups excluding carboxylic acids is 1. The molecule has 1 aromatic heterocycles. The smallest absolute Gasteiger partial charge is 0.234 e. The summed E-state index contributed by atoms with van der Waals surface area (Å²) in [6, 6.07) is 10.8. The zero-order valence-electron chi connectivity index (χ0n) is 14.7. The molecule has 140 valence electrons. The zero-order chi connectivity index (χ0) is 19.6. The van der Waals surface area contributed by atoms with Gasteiger partial charge in [-0.15, -0.1) is 10.2 Å². The van der Waals surface area contributed by atoms with E-state index in [9.17, 15) is 4.79 Å².